The summed E-state index contributed by atoms with van der Waals surface area (Å²) in [6.07, 6.45) is 5.02. The van der Waals surface area contributed by atoms with E-state index in [2.05, 4.69) is 26.0 Å². The molecule has 1 rings (SSSR count). The van der Waals surface area contributed by atoms with E-state index in [1.165, 1.54) is 31.2 Å². The molecule has 0 heterocycles. The smallest absolute Gasteiger partial charge is 0.0349 e. The Bertz CT molecular complexity index is 268. The first-order valence-corrected chi connectivity index (χ1v) is 5.64. The van der Waals surface area contributed by atoms with E-state index < -0.39 is 0 Å². The lowest BCUT2D eigenvalue weighted by molar-refractivity contribution is 0.571. The molecule has 0 saturated heterocycles. The fourth-order valence-electron chi connectivity index (χ4n) is 1.91. The van der Waals surface area contributed by atoms with E-state index in [4.69, 9.17) is 5.73 Å². The van der Waals surface area contributed by atoms with E-state index in [0.717, 1.165) is 5.69 Å². The molecule has 2 N–H and O–H groups in total. The van der Waals surface area contributed by atoms with Gasteiger partial charge in [-0.05, 0) is 30.4 Å². The number of unbranched alkanes of at least 4 members (excludes halogenated alkanes) is 1. The molecule has 0 aliphatic heterocycles. The van der Waals surface area contributed by atoms with E-state index in [9.17, 15) is 0 Å². The number of hydrogen-bond acceptors (Lipinski definition) is 1. The van der Waals surface area contributed by atoms with Crippen molar-refractivity contribution in [2.45, 2.75) is 45.4 Å². The van der Waals surface area contributed by atoms with Gasteiger partial charge < -0.3 is 5.73 Å². The van der Waals surface area contributed by atoms with Gasteiger partial charge in [0.25, 0.3) is 0 Å². The zero-order valence-electron chi connectivity index (χ0n) is 9.29. The molecule has 1 unspecified atom stereocenters. The molecule has 1 aromatic rings. The van der Waals surface area contributed by atoms with E-state index in [0.29, 0.717) is 5.92 Å². The quantitative estimate of drug-likeness (QED) is 0.701. The van der Waals surface area contributed by atoms with E-state index >= 15 is 0 Å². The van der Waals surface area contributed by atoms with Crippen molar-refractivity contribution in [1.29, 1.82) is 0 Å². The van der Waals surface area contributed by atoms with Crippen LogP contribution in [0.3, 0.4) is 0 Å². The van der Waals surface area contributed by atoms with Crippen LogP contribution < -0.4 is 5.73 Å². The predicted molar refractivity (Wildman–Crippen MR) is 63.4 cm³/mol. The Balaban J connectivity index is 2.73. The minimum atomic E-state index is 0.649. The Morgan fingerprint density at radius 3 is 2.50 bits per heavy atom. The fraction of sp³-hybridized carbons (Fsp3) is 0.538. The summed E-state index contributed by atoms with van der Waals surface area (Å²) in [6.45, 7) is 4.48. The second kappa shape index (κ2) is 5.69. The molecule has 1 nitrogen and oxygen atoms in total. The summed E-state index contributed by atoms with van der Waals surface area (Å²) in [6, 6.07) is 8.26. The highest BCUT2D eigenvalue weighted by Gasteiger charge is 2.10. The van der Waals surface area contributed by atoms with Gasteiger partial charge in [0.2, 0.25) is 0 Å². The number of hydrogen-bond donors (Lipinski definition) is 1. The monoisotopic (exact) mass is 191 g/mol. The maximum Gasteiger partial charge on any atom is 0.0349 e. The molecule has 0 aliphatic rings. The first-order chi connectivity index (χ1) is 6.79. The van der Waals surface area contributed by atoms with Gasteiger partial charge in [-0.25, -0.2) is 0 Å². The van der Waals surface area contributed by atoms with Crippen LogP contribution in [-0.4, -0.2) is 0 Å². The molecule has 1 heteroatoms. The Morgan fingerprint density at radius 2 is 1.93 bits per heavy atom. The third-order valence-corrected chi connectivity index (χ3v) is 2.83. The fourth-order valence-corrected chi connectivity index (χ4v) is 1.91. The van der Waals surface area contributed by atoms with Gasteiger partial charge in [-0.2, -0.15) is 0 Å². The first kappa shape index (κ1) is 11.1. The highest BCUT2D eigenvalue weighted by Crippen LogP contribution is 2.29. The second-order valence-corrected chi connectivity index (χ2v) is 3.88. The predicted octanol–water partition coefficient (Wildman–Crippen LogP) is 3.95. The van der Waals surface area contributed by atoms with E-state index in [1.807, 2.05) is 12.1 Å². The van der Waals surface area contributed by atoms with Crippen LogP contribution >= 0.6 is 0 Å². The Labute approximate surface area is 87.3 Å². The summed E-state index contributed by atoms with van der Waals surface area (Å²) >= 11 is 0. The Morgan fingerprint density at radius 1 is 1.21 bits per heavy atom. The van der Waals surface area contributed by atoms with Crippen LogP contribution in [-0.2, 0) is 0 Å². The number of benzene rings is 1. The van der Waals surface area contributed by atoms with Gasteiger partial charge >= 0.3 is 0 Å². The maximum absolute atomic E-state index is 5.97. The van der Waals surface area contributed by atoms with Crippen LogP contribution in [0.1, 0.15) is 51.0 Å². The second-order valence-electron chi connectivity index (χ2n) is 3.88. The van der Waals surface area contributed by atoms with Crippen molar-refractivity contribution < 1.29 is 0 Å². The van der Waals surface area contributed by atoms with Gasteiger partial charge in [-0.1, -0.05) is 44.9 Å². The third-order valence-electron chi connectivity index (χ3n) is 2.83. The Hall–Kier alpha value is -0.980. The number of para-hydroxylation sites is 1. The van der Waals surface area contributed by atoms with Gasteiger partial charge in [-0.15, -0.1) is 0 Å². The largest absolute Gasteiger partial charge is 0.398 e. The molecular weight excluding hydrogens is 170 g/mol. The summed E-state index contributed by atoms with van der Waals surface area (Å²) in [5.41, 5.74) is 8.26. The van der Waals surface area contributed by atoms with Crippen molar-refractivity contribution in [3.05, 3.63) is 29.8 Å². The molecule has 1 atom stereocenters. The van der Waals surface area contributed by atoms with E-state index in [-0.39, 0.29) is 0 Å². The summed E-state index contributed by atoms with van der Waals surface area (Å²) in [5, 5.41) is 0. The Kier molecular flexibility index (Phi) is 4.51. The summed E-state index contributed by atoms with van der Waals surface area (Å²) in [4.78, 5) is 0. The van der Waals surface area contributed by atoms with Crippen molar-refractivity contribution in [3.8, 4) is 0 Å². The molecule has 0 fully saturated rings. The van der Waals surface area contributed by atoms with Crippen molar-refractivity contribution in [3.63, 3.8) is 0 Å². The van der Waals surface area contributed by atoms with Gasteiger partial charge in [0.15, 0.2) is 0 Å². The SMILES string of the molecule is CCCCC(CC)c1ccccc1N. The molecule has 0 radical (unpaired) electrons. The normalized spacial score (nSPS) is 12.7. The lowest BCUT2D eigenvalue weighted by Gasteiger charge is -2.16. The number of anilines is 1. The summed E-state index contributed by atoms with van der Waals surface area (Å²) in [7, 11) is 0. The molecular formula is C13H21N. The molecule has 0 bridgehead atoms. The van der Waals surface area contributed by atoms with Crippen molar-refractivity contribution in [2.24, 2.45) is 0 Å². The van der Waals surface area contributed by atoms with Crippen LogP contribution in [0.4, 0.5) is 5.69 Å². The average Bonchev–Trinajstić information content (AvgIpc) is 2.21. The first-order valence-electron chi connectivity index (χ1n) is 5.64. The van der Waals surface area contributed by atoms with Crippen LogP contribution in [0, 0.1) is 0 Å². The zero-order chi connectivity index (χ0) is 10.4. The molecule has 1 aromatic carbocycles. The minimum Gasteiger partial charge on any atom is -0.398 e. The maximum atomic E-state index is 5.97. The van der Waals surface area contributed by atoms with Gasteiger partial charge in [0.05, 0.1) is 0 Å². The minimum absolute atomic E-state index is 0.649. The molecule has 78 valence electrons. The number of nitrogens with two attached hydrogens (primary N) is 1. The van der Waals surface area contributed by atoms with Crippen molar-refractivity contribution in [1.82, 2.24) is 0 Å². The lowest BCUT2D eigenvalue weighted by Crippen LogP contribution is -2.01. The molecule has 0 aromatic heterocycles. The standard InChI is InChI=1S/C13H21N/c1-3-5-8-11(4-2)12-9-6-7-10-13(12)14/h6-7,9-11H,3-5,8,14H2,1-2H3. The van der Waals surface area contributed by atoms with Crippen LogP contribution in [0.2, 0.25) is 0 Å². The topological polar surface area (TPSA) is 26.0 Å². The van der Waals surface area contributed by atoms with Crippen LogP contribution in [0.25, 0.3) is 0 Å². The van der Waals surface area contributed by atoms with Crippen LogP contribution in [0.5, 0.6) is 0 Å². The highest BCUT2D eigenvalue weighted by molar-refractivity contribution is 5.48. The summed E-state index contributed by atoms with van der Waals surface area (Å²) < 4.78 is 0. The molecule has 14 heavy (non-hydrogen) atoms. The van der Waals surface area contributed by atoms with Crippen molar-refractivity contribution in [2.75, 3.05) is 5.73 Å². The highest BCUT2D eigenvalue weighted by atomic mass is 14.6. The van der Waals surface area contributed by atoms with E-state index in [1.54, 1.807) is 0 Å². The molecule has 0 spiro atoms. The average molecular weight is 191 g/mol. The number of rotatable bonds is 5. The zero-order valence-corrected chi connectivity index (χ0v) is 9.29. The molecule has 0 saturated carbocycles. The number of nitrogen functional groups attached to an aromatic ring is 1. The molecule has 0 aliphatic carbocycles. The van der Waals surface area contributed by atoms with Gasteiger partial charge in [-0.3, -0.25) is 0 Å². The van der Waals surface area contributed by atoms with Crippen LogP contribution in [0.15, 0.2) is 24.3 Å². The lowest BCUT2D eigenvalue weighted by atomic mass is 9.90. The molecule has 0 amide bonds. The third kappa shape index (κ3) is 2.76. The van der Waals surface area contributed by atoms with Gasteiger partial charge in [0.1, 0.15) is 0 Å². The van der Waals surface area contributed by atoms with Gasteiger partial charge in [0, 0.05) is 5.69 Å². The van der Waals surface area contributed by atoms with Crippen molar-refractivity contribution >= 4 is 5.69 Å². The summed E-state index contributed by atoms with van der Waals surface area (Å²) in [5.74, 6) is 0.649.